The van der Waals surface area contributed by atoms with E-state index >= 15 is 0 Å². The Bertz CT molecular complexity index is 1350. The molecule has 2 fully saturated rings. The van der Waals surface area contributed by atoms with Gasteiger partial charge in [-0.1, -0.05) is 44.2 Å². The molecule has 1 aliphatic carbocycles. The van der Waals surface area contributed by atoms with E-state index in [1.54, 1.807) is 11.4 Å². The molecule has 6 rings (SSSR count). The first kappa shape index (κ1) is 26.4. The largest absolute Gasteiger partial charge is 0.486 e. The van der Waals surface area contributed by atoms with Gasteiger partial charge in [0.2, 0.25) is 0 Å². The molecular formula is C31H38N4O3. The quantitative estimate of drug-likeness (QED) is 0.338. The van der Waals surface area contributed by atoms with E-state index in [1.807, 2.05) is 68.8 Å². The van der Waals surface area contributed by atoms with Crippen LogP contribution < -0.4 is 4.74 Å². The molecule has 4 aromatic rings. The van der Waals surface area contributed by atoms with Gasteiger partial charge >= 0.3 is 0 Å². The third-order valence-electron chi connectivity index (χ3n) is 7.44. The van der Waals surface area contributed by atoms with Crippen LogP contribution in [0.3, 0.4) is 0 Å². The smallest absolute Gasteiger partial charge is 0.162 e. The average molecular weight is 515 g/mol. The minimum absolute atomic E-state index is 0.0825. The fraction of sp³-hybridized carbons (Fsp3) is 0.419. The highest BCUT2D eigenvalue weighted by molar-refractivity contribution is 5.78. The normalized spacial score (nSPS) is 18.0. The van der Waals surface area contributed by atoms with Gasteiger partial charge in [0.05, 0.1) is 18.4 Å². The zero-order chi connectivity index (χ0) is 26.7. The van der Waals surface area contributed by atoms with Crippen molar-refractivity contribution < 1.29 is 14.9 Å². The molecule has 0 bridgehead atoms. The van der Waals surface area contributed by atoms with Crippen molar-refractivity contribution in [1.29, 1.82) is 0 Å². The molecule has 0 amide bonds. The predicted octanol–water partition coefficient (Wildman–Crippen LogP) is 5.51. The Morgan fingerprint density at radius 3 is 2.42 bits per heavy atom. The zero-order valence-electron chi connectivity index (χ0n) is 22.5. The summed E-state index contributed by atoms with van der Waals surface area (Å²) < 4.78 is 8.23. The highest BCUT2D eigenvalue weighted by atomic mass is 16.5. The maximum absolute atomic E-state index is 9.93. The van der Waals surface area contributed by atoms with E-state index in [2.05, 4.69) is 22.1 Å². The fourth-order valence-corrected chi connectivity index (χ4v) is 5.08. The van der Waals surface area contributed by atoms with Crippen molar-refractivity contribution in [2.45, 2.75) is 64.3 Å². The lowest BCUT2D eigenvalue weighted by atomic mass is 10.0. The van der Waals surface area contributed by atoms with Gasteiger partial charge in [-0.2, -0.15) is 5.10 Å². The number of aromatic nitrogens is 3. The molecule has 1 aliphatic heterocycles. The summed E-state index contributed by atoms with van der Waals surface area (Å²) in [5.74, 6) is 0.890. The molecule has 2 aromatic heterocycles. The number of hydrogen-bond donors (Lipinski definition) is 2. The summed E-state index contributed by atoms with van der Waals surface area (Å²) in [4.78, 5) is 7.14. The SMILES string of the molecule is CC.CC(O)c1cccc(-c2cnn3cc(-c4ccc(OC5(CN6CCC(O)CC6)CC5)cc4)cnc23)c1. The van der Waals surface area contributed by atoms with Gasteiger partial charge in [-0.05, 0) is 67.5 Å². The summed E-state index contributed by atoms with van der Waals surface area (Å²) in [5.41, 5.74) is 5.52. The Kier molecular flexibility index (Phi) is 7.79. The molecule has 0 radical (unpaired) electrons. The zero-order valence-corrected chi connectivity index (χ0v) is 22.5. The summed E-state index contributed by atoms with van der Waals surface area (Å²) in [7, 11) is 0. The highest BCUT2D eigenvalue weighted by Crippen LogP contribution is 2.41. The molecular weight excluding hydrogens is 476 g/mol. The number of piperidine rings is 1. The summed E-state index contributed by atoms with van der Waals surface area (Å²) in [6.45, 7) is 8.59. The van der Waals surface area contributed by atoms with E-state index < -0.39 is 6.10 Å². The standard InChI is InChI=1S/C29H32N4O3.C2H6/c1-20(34)22-3-2-4-23(15-22)27-17-31-33-18-24(16-30-28(27)33)21-5-7-26(8-6-21)36-29(11-12-29)19-32-13-9-25(35)10-14-32;1-2/h2-8,15-18,20,25,34-35H,9-14,19H2,1H3;1-2H3. The molecule has 7 nitrogen and oxygen atoms in total. The molecule has 2 aromatic carbocycles. The average Bonchev–Trinajstić information content (AvgIpc) is 3.56. The lowest BCUT2D eigenvalue weighted by Crippen LogP contribution is -2.43. The molecule has 2 N–H and O–H groups in total. The molecule has 0 spiro atoms. The van der Waals surface area contributed by atoms with Crippen molar-refractivity contribution in [3.63, 3.8) is 0 Å². The number of rotatable bonds is 7. The van der Waals surface area contributed by atoms with E-state index in [9.17, 15) is 10.2 Å². The van der Waals surface area contributed by atoms with Crippen molar-refractivity contribution in [2.24, 2.45) is 0 Å². The van der Waals surface area contributed by atoms with E-state index in [0.717, 1.165) is 84.5 Å². The van der Waals surface area contributed by atoms with Crippen molar-refractivity contribution in [3.8, 4) is 28.0 Å². The first-order chi connectivity index (χ1) is 18.5. The monoisotopic (exact) mass is 514 g/mol. The summed E-state index contributed by atoms with van der Waals surface area (Å²) in [6.07, 6.45) is 8.90. The van der Waals surface area contributed by atoms with E-state index in [1.165, 1.54) is 0 Å². The van der Waals surface area contributed by atoms with Crippen LogP contribution in [0.5, 0.6) is 5.75 Å². The fourth-order valence-electron chi connectivity index (χ4n) is 5.08. The number of benzene rings is 2. The third-order valence-corrected chi connectivity index (χ3v) is 7.44. The molecule has 7 heteroatoms. The van der Waals surface area contributed by atoms with E-state index in [-0.39, 0.29) is 11.7 Å². The third kappa shape index (κ3) is 5.75. The van der Waals surface area contributed by atoms with Crippen LogP contribution in [0, 0.1) is 0 Å². The predicted molar refractivity (Wildman–Crippen MR) is 150 cm³/mol. The number of fused-ring (bicyclic) bond motifs is 1. The van der Waals surface area contributed by atoms with Gasteiger partial charge in [0, 0.05) is 43.2 Å². The molecule has 38 heavy (non-hydrogen) atoms. The highest BCUT2D eigenvalue weighted by Gasteiger charge is 2.47. The van der Waals surface area contributed by atoms with Crippen LogP contribution in [0.2, 0.25) is 0 Å². The van der Waals surface area contributed by atoms with Gasteiger partial charge in [-0.3, -0.25) is 4.90 Å². The maximum Gasteiger partial charge on any atom is 0.162 e. The second kappa shape index (κ2) is 11.2. The van der Waals surface area contributed by atoms with E-state index in [0.29, 0.717) is 0 Å². The number of aliphatic hydroxyl groups excluding tert-OH is 2. The first-order valence-electron chi connectivity index (χ1n) is 13.8. The van der Waals surface area contributed by atoms with Crippen LogP contribution in [-0.2, 0) is 0 Å². The Morgan fingerprint density at radius 1 is 1.00 bits per heavy atom. The molecule has 1 saturated carbocycles. The van der Waals surface area contributed by atoms with Gasteiger partial charge in [0.15, 0.2) is 5.65 Å². The van der Waals surface area contributed by atoms with Crippen molar-refractivity contribution in [1.82, 2.24) is 19.5 Å². The summed E-state index contributed by atoms with van der Waals surface area (Å²) in [6, 6.07) is 16.1. The second-order valence-electron chi connectivity index (χ2n) is 10.3. The van der Waals surface area contributed by atoms with Gasteiger partial charge in [0.25, 0.3) is 0 Å². The van der Waals surface area contributed by atoms with Gasteiger partial charge < -0.3 is 14.9 Å². The minimum Gasteiger partial charge on any atom is -0.486 e. The van der Waals surface area contributed by atoms with Gasteiger partial charge in [-0.15, -0.1) is 0 Å². The van der Waals surface area contributed by atoms with Crippen LogP contribution in [0.25, 0.3) is 27.9 Å². The van der Waals surface area contributed by atoms with Crippen LogP contribution >= 0.6 is 0 Å². The van der Waals surface area contributed by atoms with Crippen molar-refractivity contribution in [3.05, 3.63) is 72.7 Å². The molecule has 200 valence electrons. The van der Waals surface area contributed by atoms with Gasteiger partial charge in [-0.25, -0.2) is 9.50 Å². The topological polar surface area (TPSA) is 83.1 Å². The molecule has 1 unspecified atom stereocenters. The molecule has 1 atom stereocenters. The van der Waals surface area contributed by atoms with E-state index in [4.69, 9.17) is 9.72 Å². The Balaban J connectivity index is 0.00000144. The number of nitrogens with zero attached hydrogens (tertiary/aromatic N) is 4. The summed E-state index contributed by atoms with van der Waals surface area (Å²) >= 11 is 0. The number of likely N-dealkylation sites (tertiary alicyclic amines) is 1. The Hall–Kier alpha value is -3.26. The number of ether oxygens (including phenoxy) is 1. The first-order valence-corrected chi connectivity index (χ1v) is 13.8. The second-order valence-corrected chi connectivity index (χ2v) is 10.3. The number of hydrogen-bond acceptors (Lipinski definition) is 6. The number of aliphatic hydroxyl groups is 2. The van der Waals surface area contributed by atoms with Crippen LogP contribution in [0.1, 0.15) is 58.1 Å². The van der Waals surface area contributed by atoms with Crippen molar-refractivity contribution >= 4 is 5.65 Å². The van der Waals surface area contributed by atoms with Crippen molar-refractivity contribution in [2.75, 3.05) is 19.6 Å². The molecule has 2 aliphatic rings. The van der Waals surface area contributed by atoms with Crippen LogP contribution in [-0.4, -0.2) is 61.1 Å². The lowest BCUT2D eigenvalue weighted by Gasteiger charge is -2.32. The summed E-state index contributed by atoms with van der Waals surface area (Å²) in [5, 5.41) is 24.2. The molecule has 3 heterocycles. The Labute approximate surface area is 224 Å². The minimum atomic E-state index is -0.521. The molecule has 1 saturated heterocycles. The Morgan fingerprint density at radius 2 is 1.74 bits per heavy atom. The van der Waals surface area contributed by atoms with Crippen LogP contribution in [0.15, 0.2) is 67.1 Å². The maximum atomic E-state index is 9.93. The van der Waals surface area contributed by atoms with Crippen LogP contribution in [0.4, 0.5) is 0 Å². The van der Waals surface area contributed by atoms with Gasteiger partial charge in [0.1, 0.15) is 11.4 Å². The lowest BCUT2D eigenvalue weighted by molar-refractivity contribution is 0.0505.